The van der Waals surface area contributed by atoms with Gasteiger partial charge in [-0.15, -0.1) is 0 Å². The third-order valence-corrected chi connectivity index (χ3v) is 1.28. The van der Waals surface area contributed by atoms with Crippen LogP contribution in [-0.4, -0.2) is 7.28 Å². The summed E-state index contributed by atoms with van der Waals surface area (Å²) in [7, 11) is 2.40. The molecule has 0 bridgehead atoms. The Kier molecular flexibility index (Phi) is 4.93. The van der Waals surface area contributed by atoms with E-state index in [0.29, 0.717) is 0 Å². The first kappa shape index (κ1) is 9.06. The van der Waals surface area contributed by atoms with E-state index < -0.39 is 0 Å². The van der Waals surface area contributed by atoms with Crippen LogP contribution in [0.3, 0.4) is 0 Å². The van der Waals surface area contributed by atoms with Gasteiger partial charge >= 0.3 is 0 Å². The van der Waals surface area contributed by atoms with E-state index in [-0.39, 0.29) is 0 Å². The molecule has 0 saturated heterocycles. The minimum Gasteiger partial charge on any atom is -0.336 e. The molecule has 0 saturated carbocycles. The Hall–Kier alpha value is 0.0649. The Bertz CT molecular complexity index is 49.6. The molecule has 0 unspecified atom stereocenters. The van der Waals surface area contributed by atoms with Crippen molar-refractivity contribution in [3.63, 3.8) is 0 Å². The quantitative estimate of drug-likeness (QED) is 0.506. The lowest BCUT2D eigenvalue weighted by atomic mass is 9.64. The summed E-state index contributed by atoms with van der Waals surface area (Å²) < 4.78 is 0. The summed E-state index contributed by atoms with van der Waals surface area (Å²) >= 11 is 0. The molecule has 54 valence electrons. The monoisotopic (exact) mass is 125 g/mol. The first-order chi connectivity index (χ1) is 4.13. The molecule has 0 aliphatic rings. The minimum absolute atomic E-state index is 0.837. The first-order valence-corrected chi connectivity index (χ1v) is 3.94. The summed E-state index contributed by atoms with van der Waals surface area (Å²) in [5.74, 6) is 1.67. The predicted octanol–water partition coefficient (Wildman–Crippen LogP) is 2.84. The number of rotatable bonds is 4. The average molecular weight is 125 g/mol. The molecule has 0 aromatic heterocycles. The zero-order valence-corrected chi connectivity index (χ0v) is 7.15. The molecule has 0 aromatic carbocycles. The summed E-state index contributed by atoms with van der Waals surface area (Å²) in [5.41, 5.74) is 0. The zero-order chi connectivity index (χ0) is 7.28. The summed E-state index contributed by atoms with van der Waals surface area (Å²) in [6.45, 7) is 9.04. The van der Waals surface area contributed by atoms with E-state index in [4.69, 9.17) is 0 Å². The van der Waals surface area contributed by atoms with E-state index in [0.717, 1.165) is 11.8 Å². The maximum atomic E-state index is 2.40. The maximum absolute atomic E-state index is 2.40. The molecule has 0 aromatic rings. The van der Waals surface area contributed by atoms with Crippen molar-refractivity contribution in [3.05, 3.63) is 0 Å². The van der Waals surface area contributed by atoms with Crippen molar-refractivity contribution in [2.24, 2.45) is 11.8 Å². The van der Waals surface area contributed by atoms with Crippen LogP contribution < -0.4 is 0 Å². The van der Waals surface area contributed by atoms with Crippen molar-refractivity contribution >= 4 is 7.28 Å². The average Bonchev–Trinajstić information content (AvgIpc) is 1.63. The minimum atomic E-state index is 0.837. The topological polar surface area (TPSA) is 0 Å². The van der Waals surface area contributed by atoms with Crippen molar-refractivity contribution in [1.82, 2.24) is 0 Å². The first-order valence-electron chi connectivity index (χ1n) is 3.94. The van der Waals surface area contributed by atoms with Crippen molar-refractivity contribution < 1.29 is 0 Å². The fourth-order valence-corrected chi connectivity index (χ4v) is 0.763. The van der Waals surface area contributed by atoms with Gasteiger partial charge in [0.25, 0.3) is 0 Å². The van der Waals surface area contributed by atoms with E-state index in [1.54, 1.807) is 0 Å². The molecule has 0 aliphatic heterocycles. The van der Waals surface area contributed by atoms with Crippen LogP contribution in [0.25, 0.3) is 0 Å². The van der Waals surface area contributed by atoms with Gasteiger partial charge in [-0.1, -0.05) is 39.5 Å². The molecule has 0 aliphatic carbocycles. The third-order valence-electron chi connectivity index (χ3n) is 1.28. The Morgan fingerprint density at radius 1 is 0.889 bits per heavy atom. The van der Waals surface area contributed by atoms with E-state index in [1.165, 1.54) is 12.6 Å². The van der Waals surface area contributed by atoms with Crippen LogP contribution in [0.1, 0.15) is 27.7 Å². The van der Waals surface area contributed by atoms with Gasteiger partial charge in [0.2, 0.25) is 0 Å². The highest BCUT2D eigenvalue weighted by atomic mass is 13.9. The van der Waals surface area contributed by atoms with Crippen molar-refractivity contribution in [1.29, 1.82) is 0 Å². The number of hydrogen-bond acceptors (Lipinski definition) is 0. The van der Waals surface area contributed by atoms with Crippen molar-refractivity contribution in [2.75, 3.05) is 0 Å². The van der Waals surface area contributed by atoms with E-state index >= 15 is 0 Å². The van der Waals surface area contributed by atoms with Crippen LogP contribution in [0.2, 0.25) is 12.6 Å². The Balaban J connectivity index is 2.91. The SMILES string of the molecule is CC(C)C[B-]CC(C)C. The molecule has 0 spiro atoms. The van der Waals surface area contributed by atoms with E-state index in [2.05, 4.69) is 35.0 Å². The van der Waals surface area contributed by atoms with Gasteiger partial charge in [0.05, 0.1) is 0 Å². The third kappa shape index (κ3) is 8.06. The van der Waals surface area contributed by atoms with Gasteiger partial charge in [-0.25, -0.2) is 12.6 Å². The summed E-state index contributed by atoms with van der Waals surface area (Å²) in [6, 6.07) is 0. The molecule has 0 atom stereocenters. The highest BCUT2D eigenvalue weighted by Crippen LogP contribution is 2.05. The number of hydrogen-bond donors (Lipinski definition) is 0. The lowest BCUT2D eigenvalue weighted by Crippen LogP contribution is -1.99. The molecule has 0 rings (SSSR count). The maximum Gasteiger partial charge on any atom is -0.0660 e. The van der Waals surface area contributed by atoms with Crippen LogP contribution in [0.4, 0.5) is 0 Å². The Morgan fingerprint density at radius 3 is 1.44 bits per heavy atom. The lowest BCUT2D eigenvalue weighted by molar-refractivity contribution is 0.700. The second kappa shape index (κ2) is 4.90. The molecular weight excluding hydrogens is 107 g/mol. The van der Waals surface area contributed by atoms with Gasteiger partial charge in [0.1, 0.15) is 0 Å². The van der Waals surface area contributed by atoms with Crippen LogP contribution in [0.5, 0.6) is 0 Å². The Labute approximate surface area is 60.3 Å². The standard InChI is InChI=1S/C8H18B/c1-7(2)5-9-6-8(3)4/h7-8H,5-6H2,1-4H3/q-1. The second-order valence-corrected chi connectivity index (χ2v) is 3.55. The fraction of sp³-hybridized carbons (Fsp3) is 1.00. The molecule has 2 radical (unpaired) electrons. The van der Waals surface area contributed by atoms with Crippen LogP contribution in [-0.2, 0) is 0 Å². The molecular formula is C8H18B-. The highest BCUT2D eigenvalue weighted by Gasteiger charge is 1.84. The van der Waals surface area contributed by atoms with Gasteiger partial charge in [0.15, 0.2) is 0 Å². The van der Waals surface area contributed by atoms with E-state index in [9.17, 15) is 0 Å². The fourth-order valence-electron chi connectivity index (χ4n) is 0.763. The van der Waals surface area contributed by atoms with Gasteiger partial charge in [0, 0.05) is 0 Å². The smallest absolute Gasteiger partial charge is 0.0660 e. The zero-order valence-electron chi connectivity index (χ0n) is 7.15. The second-order valence-electron chi connectivity index (χ2n) is 3.55. The molecule has 1 heteroatoms. The molecule has 0 fully saturated rings. The lowest BCUT2D eigenvalue weighted by Gasteiger charge is -2.18. The summed E-state index contributed by atoms with van der Waals surface area (Å²) in [6.07, 6.45) is 2.55. The molecule has 0 N–H and O–H groups in total. The van der Waals surface area contributed by atoms with Crippen molar-refractivity contribution in [2.45, 2.75) is 40.3 Å². The van der Waals surface area contributed by atoms with Gasteiger partial charge < -0.3 is 7.28 Å². The predicted molar refractivity (Wildman–Crippen MR) is 45.0 cm³/mol. The van der Waals surface area contributed by atoms with Crippen LogP contribution >= 0.6 is 0 Å². The molecule has 0 heterocycles. The van der Waals surface area contributed by atoms with Gasteiger partial charge in [-0.2, -0.15) is 0 Å². The van der Waals surface area contributed by atoms with Crippen LogP contribution in [0, 0.1) is 11.8 Å². The van der Waals surface area contributed by atoms with Gasteiger partial charge in [-0.3, -0.25) is 0 Å². The summed E-state index contributed by atoms with van der Waals surface area (Å²) in [4.78, 5) is 0. The van der Waals surface area contributed by atoms with Crippen molar-refractivity contribution in [3.8, 4) is 0 Å². The van der Waals surface area contributed by atoms with Crippen LogP contribution in [0.15, 0.2) is 0 Å². The van der Waals surface area contributed by atoms with Gasteiger partial charge in [-0.05, 0) is 0 Å². The van der Waals surface area contributed by atoms with E-state index in [1.807, 2.05) is 0 Å². The normalized spacial score (nSPS) is 11.3. The molecule has 9 heavy (non-hydrogen) atoms. The Morgan fingerprint density at radius 2 is 1.22 bits per heavy atom. The largest absolute Gasteiger partial charge is 0.336 e. The molecule has 0 nitrogen and oxygen atoms in total. The summed E-state index contributed by atoms with van der Waals surface area (Å²) in [5, 5.41) is 0. The molecule has 0 amide bonds. The highest BCUT2D eigenvalue weighted by molar-refractivity contribution is 6.35.